The van der Waals surface area contributed by atoms with Crippen molar-refractivity contribution in [3.05, 3.63) is 41.5 Å². The van der Waals surface area contributed by atoms with Gasteiger partial charge in [-0.2, -0.15) is 0 Å². The number of carbonyl (C=O) groups is 1. The number of esters is 1. The molecule has 98 valence electrons. The molecule has 0 aliphatic carbocycles. The minimum Gasteiger partial charge on any atom is -0.466 e. The molecule has 0 spiro atoms. The quantitative estimate of drug-likeness (QED) is 0.592. The fourth-order valence-corrected chi connectivity index (χ4v) is 1.84. The van der Waals surface area contributed by atoms with Gasteiger partial charge in [0.25, 0.3) is 0 Å². The van der Waals surface area contributed by atoms with Crippen LogP contribution in [0.1, 0.15) is 18.9 Å². The number of likely N-dealkylation sites (N-methyl/N-ethyl adjacent to an activating group) is 1. The Morgan fingerprint density at radius 3 is 2.61 bits per heavy atom. The van der Waals surface area contributed by atoms with E-state index in [-0.39, 0.29) is 5.97 Å². The van der Waals surface area contributed by atoms with Crippen molar-refractivity contribution in [3.8, 4) is 0 Å². The van der Waals surface area contributed by atoms with E-state index in [0.717, 1.165) is 5.57 Å². The molecule has 0 radical (unpaired) electrons. The Morgan fingerprint density at radius 2 is 2.06 bits per heavy atom. The molecule has 1 aromatic rings. The molecule has 0 unspecified atom stereocenters. The summed E-state index contributed by atoms with van der Waals surface area (Å²) in [6.45, 7) is 4.73. The molecular formula is C15H21NO2. The summed E-state index contributed by atoms with van der Waals surface area (Å²) in [5, 5.41) is 0. The second kappa shape index (κ2) is 6.84. The Labute approximate surface area is 109 Å². The van der Waals surface area contributed by atoms with Crippen LogP contribution in [0.4, 0.5) is 5.69 Å². The lowest BCUT2D eigenvalue weighted by Crippen LogP contribution is -2.19. The predicted molar refractivity (Wildman–Crippen MR) is 74.8 cm³/mol. The summed E-state index contributed by atoms with van der Waals surface area (Å²) < 4.78 is 4.74. The summed E-state index contributed by atoms with van der Waals surface area (Å²) in [5.41, 5.74) is 3.12. The molecule has 1 aromatic carbocycles. The summed E-state index contributed by atoms with van der Waals surface area (Å²) in [7, 11) is 3.43. The zero-order chi connectivity index (χ0) is 13.5. The highest BCUT2D eigenvalue weighted by molar-refractivity contribution is 5.88. The van der Waals surface area contributed by atoms with Gasteiger partial charge in [0.15, 0.2) is 0 Å². The van der Waals surface area contributed by atoms with Crippen molar-refractivity contribution in [1.82, 2.24) is 0 Å². The van der Waals surface area contributed by atoms with Gasteiger partial charge in [-0.15, -0.1) is 0 Å². The van der Waals surface area contributed by atoms with Gasteiger partial charge in [0.2, 0.25) is 0 Å². The van der Waals surface area contributed by atoms with E-state index in [1.165, 1.54) is 18.4 Å². The van der Waals surface area contributed by atoms with E-state index in [1.807, 2.05) is 32.2 Å². The fourth-order valence-electron chi connectivity index (χ4n) is 1.84. The van der Waals surface area contributed by atoms with Crippen LogP contribution in [-0.4, -0.2) is 26.7 Å². The van der Waals surface area contributed by atoms with Crippen molar-refractivity contribution in [2.24, 2.45) is 0 Å². The fraction of sp³-hybridized carbons (Fsp3) is 0.400. The first kappa shape index (κ1) is 14.3. The first-order valence-corrected chi connectivity index (χ1v) is 6.14. The predicted octanol–water partition coefficient (Wildman–Crippen LogP) is 2.94. The monoisotopic (exact) mass is 247 g/mol. The van der Waals surface area contributed by atoms with E-state index in [2.05, 4.69) is 24.0 Å². The lowest BCUT2D eigenvalue weighted by Gasteiger charge is -2.20. The summed E-state index contributed by atoms with van der Waals surface area (Å²) in [6.07, 6.45) is 2.62. The second-order valence-electron chi connectivity index (χ2n) is 4.24. The molecule has 0 aliphatic rings. The van der Waals surface area contributed by atoms with Crippen LogP contribution in [0.2, 0.25) is 0 Å². The molecule has 1 rings (SSSR count). The normalized spacial score (nSPS) is 11.2. The Bertz CT molecular complexity index is 438. The molecule has 3 nitrogen and oxygen atoms in total. The van der Waals surface area contributed by atoms with Crippen molar-refractivity contribution in [2.45, 2.75) is 20.3 Å². The lowest BCUT2D eigenvalue weighted by molar-refractivity contribution is -0.136. The number of benzene rings is 1. The first-order chi connectivity index (χ1) is 8.60. The number of carbonyl (C=O) groups excluding carboxylic acids is 1. The van der Waals surface area contributed by atoms with E-state index < -0.39 is 0 Å². The van der Waals surface area contributed by atoms with E-state index in [0.29, 0.717) is 13.0 Å². The van der Waals surface area contributed by atoms with Crippen molar-refractivity contribution >= 4 is 11.7 Å². The Morgan fingerprint density at radius 1 is 1.39 bits per heavy atom. The average Bonchev–Trinajstić information content (AvgIpc) is 2.39. The standard InChI is InChI=1S/C15H21NO2/c1-5-13(15(17)18-4)10-11-16(3)14-9-7-6-8-12(14)2/h6-10H,5,11H2,1-4H3. The maximum atomic E-state index is 11.4. The van der Waals surface area contributed by atoms with Crippen LogP contribution in [0.5, 0.6) is 0 Å². The highest BCUT2D eigenvalue weighted by Gasteiger charge is 2.08. The lowest BCUT2D eigenvalue weighted by atomic mass is 10.1. The summed E-state index contributed by atoms with van der Waals surface area (Å²) in [6, 6.07) is 8.20. The van der Waals surface area contributed by atoms with Crippen LogP contribution in [0, 0.1) is 6.92 Å². The highest BCUT2D eigenvalue weighted by atomic mass is 16.5. The minimum absolute atomic E-state index is 0.240. The van der Waals surface area contributed by atoms with Crippen LogP contribution < -0.4 is 4.90 Å². The third-order valence-electron chi connectivity index (χ3n) is 2.97. The van der Waals surface area contributed by atoms with E-state index in [1.54, 1.807) is 0 Å². The van der Waals surface area contributed by atoms with Gasteiger partial charge in [0, 0.05) is 24.9 Å². The van der Waals surface area contributed by atoms with Crippen LogP contribution >= 0.6 is 0 Å². The smallest absolute Gasteiger partial charge is 0.333 e. The van der Waals surface area contributed by atoms with Crippen LogP contribution in [0.25, 0.3) is 0 Å². The average molecular weight is 247 g/mol. The Balaban J connectivity index is 2.76. The summed E-state index contributed by atoms with van der Waals surface area (Å²) in [4.78, 5) is 13.6. The van der Waals surface area contributed by atoms with E-state index >= 15 is 0 Å². The number of para-hydroxylation sites is 1. The molecule has 0 amide bonds. The molecule has 0 saturated carbocycles. The van der Waals surface area contributed by atoms with Crippen molar-refractivity contribution in [1.29, 1.82) is 0 Å². The topological polar surface area (TPSA) is 29.5 Å². The maximum Gasteiger partial charge on any atom is 0.333 e. The number of ether oxygens (including phenoxy) is 1. The van der Waals surface area contributed by atoms with Gasteiger partial charge >= 0.3 is 5.97 Å². The number of methoxy groups -OCH3 is 1. The first-order valence-electron chi connectivity index (χ1n) is 6.14. The number of aryl methyl sites for hydroxylation is 1. The SMILES string of the molecule is CCC(=CCN(C)c1ccccc1C)C(=O)OC. The largest absolute Gasteiger partial charge is 0.466 e. The van der Waals surface area contributed by atoms with Gasteiger partial charge in [0.1, 0.15) is 0 Å². The molecule has 0 bridgehead atoms. The molecule has 0 atom stereocenters. The molecule has 0 saturated heterocycles. The maximum absolute atomic E-state index is 11.4. The molecule has 18 heavy (non-hydrogen) atoms. The van der Waals surface area contributed by atoms with Gasteiger partial charge < -0.3 is 9.64 Å². The molecule has 0 fully saturated rings. The van der Waals surface area contributed by atoms with E-state index in [4.69, 9.17) is 4.74 Å². The van der Waals surface area contributed by atoms with Crippen LogP contribution in [0.15, 0.2) is 35.9 Å². The summed E-state index contributed by atoms with van der Waals surface area (Å²) >= 11 is 0. The Kier molecular flexibility index (Phi) is 5.43. The Hall–Kier alpha value is -1.77. The van der Waals surface area contributed by atoms with Crippen LogP contribution in [-0.2, 0) is 9.53 Å². The zero-order valence-electron chi connectivity index (χ0n) is 11.6. The minimum atomic E-state index is -0.240. The molecular weight excluding hydrogens is 226 g/mol. The van der Waals surface area contributed by atoms with E-state index in [9.17, 15) is 4.79 Å². The number of rotatable bonds is 5. The van der Waals surface area contributed by atoms with Gasteiger partial charge in [-0.05, 0) is 25.0 Å². The van der Waals surface area contributed by atoms with Gasteiger partial charge in [0.05, 0.1) is 7.11 Å². The summed E-state index contributed by atoms with van der Waals surface area (Å²) in [5.74, 6) is -0.240. The van der Waals surface area contributed by atoms with Crippen molar-refractivity contribution in [3.63, 3.8) is 0 Å². The number of hydrogen-bond donors (Lipinski definition) is 0. The van der Waals surface area contributed by atoms with Gasteiger partial charge in [-0.3, -0.25) is 0 Å². The molecule has 0 heterocycles. The molecule has 0 aromatic heterocycles. The number of anilines is 1. The van der Waals surface area contributed by atoms with Crippen molar-refractivity contribution < 1.29 is 9.53 Å². The molecule has 0 aliphatic heterocycles. The zero-order valence-corrected chi connectivity index (χ0v) is 11.6. The highest BCUT2D eigenvalue weighted by Crippen LogP contribution is 2.17. The molecule has 3 heteroatoms. The number of nitrogens with zero attached hydrogens (tertiary/aromatic N) is 1. The van der Waals surface area contributed by atoms with Gasteiger partial charge in [-0.1, -0.05) is 31.2 Å². The third-order valence-corrected chi connectivity index (χ3v) is 2.97. The van der Waals surface area contributed by atoms with Crippen molar-refractivity contribution in [2.75, 3.05) is 25.6 Å². The third kappa shape index (κ3) is 3.62. The van der Waals surface area contributed by atoms with Crippen LogP contribution in [0.3, 0.4) is 0 Å². The van der Waals surface area contributed by atoms with Gasteiger partial charge in [-0.25, -0.2) is 4.79 Å². The second-order valence-corrected chi connectivity index (χ2v) is 4.24. The molecule has 0 N–H and O–H groups in total. The number of hydrogen-bond acceptors (Lipinski definition) is 3.